The molecule has 0 radical (unpaired) electrons. The molecule has 0 unspecified atom stereocenters. The van der Waals surface area contributed by atoms with Gasteiger partial charge < -0.3 is 5.32 Å². The van der Waals surface area contributed by atoms with Crippen molar-refractivity contribution in [2.75, 3.05) is 5.32 Å². The van der Waals surface area contributed by atoms with Crippen LogP contribution in [-0.2, 0) is 0 Å². The van der Waals surface area contributed by atoms with E-state index in [0.717, 1.165) is 5.56 Å². The lowest BCUT2D eigenvalue weighted by Gasteiger charge is -2.16. The summed E-state index contributed by atoms with van der Waals surface area (Å²) in [5, 5.41) is 23.0. The first-order chi connectivity index (χ1) is 9.61. The highest BCUT2D eigenvalue weighted by atomic mass is 16.6. The Morgan fingerprint density at radius 1 is 1.25 bits per heavy atom. The summed E-state index contributed by atoms with van der Waals surface area (Å²) in [6, 6.07) is 16.0. The van der Waals surface area contributed by atoms with Crippen molar-refractivity contribution in [1.82, 2.24) is 0 Å². The largest absolute Gasteiger partial charge is 0.377 e. The Morgan fingerprint density at radius 2 is 1.95 bits per heavy atom. The molecule has 2 aromatic carbocycles. The van der Waals surface area contributed by atoms with Crippen LogP contribution in [0, 0.1) is 21.4 Å². The number of anilines is 1. The molecule has 2 aromatic rings. The molecular formula is C15H13N3O2. The van der Waals surface area contributed by atoms with E-state index in [1.165, 1.54) is 12.1 Å². The fraction of sp³-hybridized carbons (Fsp3) is 0.133. The highest BCUT2D eigenvalue weighted by Crippen LogP contribution is 2.25. The molecule has 5 nitrogen and oxygen atoms in total. The van der Waals surface area contributed by atoms with Crippen molar-refractivity contribution in [3.63, 3.8) is 0 Å². The number of hydrogen-bond acceptors (Lipinski definition) is 4. The highest BCUT2D eigenvalue weighted by Gasteiger charge is 2.12. The maximum atomic E-state index is 10.7. The van der Waals surface area contributed by atoms with Crippen LogP contribution in [0.15, 0.2) is 48.5 Å². The van der Waals surface area contributed by atoms with E-state index in [9.17, 15) is 10.1 Å². The Morgan fingerprint density at radius 3 is 2.55 bits per heavy atom. The van der Waals surface area contributed by atoms with Crippen LogP contribution in [0.2, 0.25) is 0 Å². The zero-order valence-electron chi connectivity index (χ0n) is 10.9. The topological polar surface area (TPSA) is 79.0 Å². The molecule has 0 aliphatic heterocycles. The number of nitrogens with zero attached hydrogens (tertiary/aromatic N) is 2. The molecule has 1 atom stereocenters. The summed E-state index contributed by atoms with van der Waals surface area (Å²) in [6.07, 6.45) is 0. The molecule has 0 spiro atoms. The Bertz CT molecular complexity index is 663. The van der Waals surface area contributed by atoms with Gasteiger partial charge >= 0.3 is 0 Å². The number of rotatable bonds is 4. The molecule has 0 bridgehead atoms. The molecule has 0 heterocycles. The standard InChI is InChI=1S/C15H13N3O2/c1-11(12-5-3-2-4-6-12)17-15-8-7-14(18(19)20)9-13(15)10-16/h2-9,11,17H,1H3/t11-/m1/s1. The number of benzene rings is 2. The Hall–Kier alpha value is -2.87. The van der Waals surface area contributed by atoms with Crippen molar-refractivity contribution in [1.29, 1.82) is 5.26 Å². The van der Waals surface area contributed by atoms with Gasteiger partial charge in [-0.1, -0.05) is 30.3 Å². The Kier molecular flexibility index (Phi) is 3.96. The van der Waals surface area contributed by atoms with Crippen LogP contribution in [0.4, 0.5) is 11.4 Å². The van der Waals surface area contributed by atoms with Gasteiger partial charge in [0, 0.05) is 18.2 Å². The number of nitrogens with one attached hydrogen (secondary N) is 1. The lowest BCUT2D eigenvalue weighted by Crippen LogP contribution is -2.07. The molecule has 0 fully saturated rings. The molecule has 1 N–H and O–H groups in total. The number of hydrogen-bond donors (Lipinski definition) is 1. The van der Waals surface area contributed by atoms with E-state index >= 15 is 0 Å². The van der Waals surface area contributed by atoms with Gasteiger partial charge in [-0.2, -0.15) is 5.26 Å². The van der Waals surface area contributed by atoms with E-state index in [1.807, 2.05) is 43.3 Å². The summed E-state index contributed by atoms with van der Waals surface area (Å²) in [7, 11) is 0. The van der Waals surface area contributed by atoms with E-state index in [0.29, 0.717) is 5.69 Å². The van der Waals surface area contributed by atoms with Gasteiger partial charge in [0.1, 0.15) is 6.07 Å². The summed E-state index contributed by atoms with van der Waals surface area (Å²) < 4.78 is 0. The minimum absolute atomic E-state index is 0.00440. The Labute approximate surface area is 116 Å². The maximum absolute atomic E-state index is 10.7. The molecule has 5 heteroatoms. The number of nitriles is 1. The predicted octanol–water partition coefficient (Wildman–Crippen LogP) is 3.64. The highest BCUT2D eigenvalue weighted by molar-refractivity contribution is 5.62. The van der Waals surface area contributed by atoms with Crippen LogP contribution < -0.4 is 5.32 Å². The first-order valence-corrected chi connectivity index (χ1v) is 6.12. The van der Waals surface area contributed by atoms with E-state index < -0.39 is 4.92 Å². The zero-order valence-corrected chi connectivity index (χ0v) is 10.9. The van der Waals surface area contributed by atoms with E-state index in [2.05, 4.69) is 5.32 Å². The average Bonchev–Trinajstić information content (AvgIpc) is 2.48. The molecule has 100 valence electrons. The quantitative estimate of drug-likeness (QED) is 0.677. The monoisotopic (exact) mass is 267 g/mol. The average molecular weight is 267 g/mol. The van der Waals surface area contributed by atoms with Crippen molar-refractivity contribution in [3.8, 4) is 6.07 Å². The fourth-order valence-corrected chi connectivity index (χ4v) is 1.92. The second-order valence-electron chi connectivity index (χ2n) is 4.38. The summed E-state index contributed by atoms with van der Waals surface area (Å²) in [6.45, 7) is 1.97. The van der Waals surface area contributed by atoms with Crippen LogP contribution in [0.25, 0.3) is 0 Å². The fourth-order valence-electron chi connectivity index (χ4n) is 1.92. The summed E-state index contributed by atoms with van der Waals surface area (Å²) in [4.78, 5) is 10.2. The summed E-state index contributed by atoms with van der Waals surface area (Å²) in [5.41, 5.74) is 1.85. The number of nitro benzene ring substituents is 1. The smallest absolute Gasteiger partial charge is 0.270 e. The molecule has 0 saturated carbocycles. The van der Waals surface area contributed by atoms with Crippen molar-refractivity contribution in [3.05, 3.63) is 69.8 Å². The molecule has 0 amide bonds. The van der Waals surface area contributed by atoms with Crippen molar-refractivity contribution >= 4 is 11.4 Å². The van der Waals surface area contributed by atoms with Crippen LogP contribution in [0.1, 0.15) is 24.1 Å². The maximum Gasteiger partial charge on any atom is 0.270 e. The molecule has 0 aliphatic rings. The number of nitro groups is 1. The summed E-state index contributed by atoms with van der Waals surface area (Å²) in [5.74, 6) is 0. The molecule has 20 heavy (non-hydrogen) atoms. The van der Waals surface area contributed by atoms with E-state index in [4.69, 9.17) is 5.26 Å². The molecular weight excluding hydrogens is 254 g/mol. The molecule has 2 rings (SSSR count). The molecule has 0 saturated heterocycles. The van der Waals surface area contributed by atoms with Gasteiger partial charge in [0.25, 0.3) is 5.69 Å². The normalized spacial score (nSPS) is 11.4. The first kappa shape index (κ1) is 13.6. The van der Waals surface area contributed by atoms with Crippen molar-refractivity contribution < 1.29 is 4.92 Å². The zero-order chi connectivity index (χ0) is 14.5. The van der Waals surface area contributed by atoms with Gasteiger partial charge in [-0.25, -0.2) is 0 Å². The van der Waals surface area contributed by atoms with Gasteiger partial charge in [-0.3, -0.25) is 10.1 Å². The van der Waals surface area contributed by atoms with Crippen LogP contribution in [-0.4, -0.2) is 4.92 Å². The van der Waals surface area contributed by atoms with Gasteiger partial charge in [0.15, 0.2) is 0 Å². The van der Waals surface area contributed by atoms with E-state index in [1.54, 1.807) is 6.07 Å². The Balaban J connectivity index is 2.26. The van der Waals surface area contributed by atoms with Gasteiger partial charge in [-0.15, -0.1) is 0 Å². The lowest BCUT2D eigenvalue weighted by atomic mass is 10.1. The third-order valence-corrected chi connectivity index (χ3v) is 3.01. The second-order valence-corrected chi connectivity index (χ2v) is 4.38. The first-order valence-electron chi connectivity index (χ1n) is 6.12. The SMILES string of the molecule is C[C@@H](Nc1ccc([N+](=O)[O-])cc1C#N)c1ccccc1. The third-order valence-electron chi connectivity index (χ3n) is 3.01. The van der Waals surface area contributed by atoms with Gasteiger partial charge in [0.2, 0.25) is 0 Å². The summed E-state index contributed by atoms with van der Waals surface area (Å²) >= 11 is 0. The second kappa shape index (κ2) is 5.85. The molecule has 0 aromatic heterocycles. The van der Waals surface area contributed by atoms with E-state index in [-0.39, 0.29) is 17.3 Å². The number of non-ortho nitro benzene ring substituents is 1. The van der Waals surface area contributed by atoms with Crippen LogP contribution >= 0.6 is 0 Å². The molecule has 0 aliphatic carbocycles. The minimum Gasteiger partial charge on any atom is -0.377 e. The third kappa shape index (κ3) is 2.93. The van der Waals surface area contributed by atoms with Crippen LogP contribution in [0.3, 0.4) is 0 Å². The van der Waals surface area contributed by atoms with Crippen molar-refractivity contribution in [2.24, 2.45) is 0 Å². The van der Waals surface area contributed by atoms with Crippen molar-refractivity contribution in [2.45, 2.75) is 13.0 Å². The lowest BCUT2D eigenvalue weighted by molar-refractivity contribution is -0.384. The minimum atomic E-state index is -0.509. The van der Waals surface area contributed by atoms with Crippen LogP contribution in [0.5, 0.6) is 0 Å². The predicted molar refractivity (Wildman–Crippen MR) is 76.3 cm³/mol. The van der Waals surface area contributed by atoms with Gasteiger partial charge in [0.05, 0.1) is 16.2 Å². The van der Waals surface area contributed by atoms with Gasteiger partial charge in [-0.05, 0) is 18.6 Å².